The molecule has 0 aliphatic rings. The molecule has 0 spiro atoms. The van der Waals surface area contributed by atoms with Crippen molar-refractivity contribution in [2.75, 3.05) is 6.54 Å². The Labute approximate surface area is 116 Å². The maximum atomic E-state index is 11.7. The Balaban J connectivity index is 1.89. The largest absolute Gasteiger partial charge is 0.341 e. The number of aromatic nitrogens is 1. The van der Waals surface area contributed by atoms with Gasteiger partial charge in [0.25, 0.3) is 5.91 Å². The van der Waals surface area contributed by atoms with Gasteiger partial charge in [-0.05, 0) is 30.3 Å². The summed E-state index contributed by atoms with van der Waals surface area (Å²) in [6, 6.07) is 10.6. The molecule has 1 heterocycles. The second kappa shape index (κ2) is 6.58. The Morgan fingerprint density at radius 3 is 2.79 bits per heavy atom. The zero-order valence-electron chi connectivity index (χ0n) is 10.1. The molecule has 1 aromatic heterocycles. The first-order chi connectivity index (χ1) is 9.25. The highest BCUT2D eigenvalue weighted by Crippen LogP contribution is 2.09. The van der Waals surface area contributed by atoms with Crippen molar-refractivity contribution in [2.24, 2.45) is 0 Å². The van der Waals surface area contributed by atoms with E-state index in [0.717, 1.165) is 5.56 Å². The van der Waals surface area contributed by atoms with Crippen molar-refractivity contribution in [1.29, 1.82) is 0 Å². The van der Waals surface area contributed by atoms with Gasteiger partial charge in [-0.15, -0.1) is 0 Å². The molecule has 1 aromatic carbocycles. The van der Waals surface area contributed by atoms with Crippen molar-refractivity contribution in [3.63, 3.8) is 0 Å². The molecule has 4 heteroatoms. The number of hydrogen-bond donors (Lipinski definition) is 1. The molecule has 3 nitrogen and oxygen atoms in total. The zero-order valence-corrected chi connectivity index (χ0v) is 10.8. The highest BCUT2D eigenvalue weighted by molar-refractivity contribution is 6.30. The van der Waals surface area contributed by atoms with Crippen LogP contribution in [0, 0.1) is 11.8 Å². The van der Waals surface area contributed by atoms with E-state index in [9.17, 15) is 4.79 Å². The third-order valence-electron chi connectivity index (χ3n) is 2.34. The van der Waals surface area contributed by atoms with Gasteiger partial charge < -0.3 is 5.32 Å². The fourth-order valence-electron chi connectivity index (χ4n) is 1.44. The minimum absolute atomic E-state index is 0.164. The van der Waals surface area contributed by atoms with Gasteiger partial charge in [-0.3, -0.25) is 9.78 Å². The van der Waals surface area contributed by atoms with E-state index in [4.69, 9.17) is 11.6 Å². The summed E-state index contributed by atoms with van der Waals surface area (Å²) < 4.78 is 0. The minimum Gasteiger partial charge on any atom is -0.341 e. The molecule has 0 atom stereocenters. The predicted molar refractivity (Wildman–Crippen MR) is 74.9 cm³/mol. The first kappa shape index (κ1) is 13.1. The van der Waals surface area contributed by atoms with Gasteiger partial charge in [0, 0.05) is 28.5 Å². The molecule has 2 aromatic rings. The van der Waals surface area contributed by atoms with Crippen molar-refractivity contribution in [2.45, 2.75) is 0 Å². The SMILES string of the molecule is O=C(NCC#Cc1cccc(Cl)c1)c1ccncc1. The summed E-state index contributed by atoms with van der Waals surface area (Å²) in [6.07, 6.45) is 3.15. The van der Waals surface area contributed by atoms with E-state index in [1.54, 1.807) is 36.7 Å². The van der Waals surface area contributed by atoms with Gasteiger partial charge in [0.1, 0.15) is 0 Å². The van der Waals surface area contributed by atoms with Crippen LogP contribution in [-0.4, -0.2) is 17.4 Å². The lowest BCUT2D eigenvalue weighted by molar-refractivity contribution is 0.0958. The molecule has 0 unspecified atom stereocenters. The molecule has 0 saturated heterocycles. The van der Waals surface area contributed by atoms with Gasteiger partial charge in [0.15, 0.2) is 0 Å². The van der Waals surface area contributed by atoms with E-state index >= 15 is 0 Å². The van der Waals surface area contributed by atoms with E-state index in [0.29, 0.717) is 10.6 Å². The molecular weight excluding hydrogens is 260 g/mol. The van der Waals surface area contributed by atoms with Crippen LogP contribution in [0.3, 0.4) is 0 Å². The number of rotatable bonds is 2. The summed E-state index contributed by atoms with van der Waals surface area (Å²) >= 11 is 5.84. The molecule has 0 aliphatic carbocycles. The third kappa shape index (κ3) is 4.13. The van der Waals surface area contributed by atoms with E-state index < -0.39 is 0 Å². The average molecular weight is 271 g/mol. The van der Waals surface area contributed by atoms with Crippen molar-refractivity contribution < 1.29 is 4.79 Å². The molecule has 94 valence electrons. The molecule has 0 saturated carbocycles. The van der Waals surface area contributed by atoms with Crippen LogP contribution in [-0.2, 0) is 0 Å². The van der Waals surface area contributed by atoms with Crippen molar-refractivity contribution in [3.8, 4) is 11.8 Å². The highest BCUT2D eigenvalue weighted by atomic mass is 35.5. The standard InChI is InChI=1S/C15H11ClN2O/c16-14-5-1-3-12(11-14)4-2-8-18-15(19)13-6-9-17-10-7-13/h1,3,5-7,9-11H,8H2,(H,18,19). The Hall–Kier alpha value is -2.31. The number of benzene rings is 1. The lowest BCUT2D eigenvalue weighted by Crippen LogP contribution is -2.23. The van der Waals surface area contributed by atoms with Crippen LogP contribution in [0.4, 0.5) is 0 Å². The second-order valence-electron chi connectivity index (χ2n) is 3.73. The number of nitrogens with one attached hydrogen (secondary N) is 1. The summed E-state index contributed by atoms with van der Waals surface area (Å²) in [5.74, 6) is 5.64. The lowest BCUT2D eigenvalue weighted by Gasteiger charge is -1.99. The summed E-state index contributed by atoms with van der Waals surface area (Å²) in [5.41, 5.74) is 1.39. The number of carbonyl (C=O) groups excluding carboxylic acids is 1. The van der Waals surface area contributed by atoms with Crippen LogP contribution < -0.4 is 5.32 Å². The van der Waals surface area contributed by atoms with Crippen molar-refractivity contribution in [1.82, 2.24) is 10.3 Å². The van der Waals surface area contributed by atoms with Crippen LogP contribution >= 0.6 is 11.6 Å². The predicted octanol–water partition coefficient (Wildman–Crippen LogP) is 2.52. The Morgan fingerprint density at radius 2 is 2.05 bits per heavy atom. The van der Waals surface area contributed by atoms with Crippen LogP contribution in [0.15, 0.2) is 48.8 Å². The van der Waals surface area contributed by atoms with Crippen LogP contribution in [0.2, 0.25) is 5.02 Å². The highest BCUT2D eigenvalue weighted by Gasteiger charge is 2.01. The molecule has 0 radical (unpaired) electrons. The quantitative estimate of drug-likeness (QED) is 0.852. The molecule has 2 rings (SSSR count). The lowest BCUT2D eigenvalue weighted by atomic mass is 10.2. The summed E-state index contributed by atoms with van der Waals surface area (Å²) in [7, 11) is 0. The number of pyridine rings is 1. The molecule has 1 N–H and O–H groups in total. The van der Waals surface area contributed by atoms with Crippen molar-refractivity contribution in [3.05, 3.63) is 64.9 Å². The first-order valence-electron chi connectivity index (χ1n) is 5.68. The van der Waals surface area contributed by atoms with E-state index in [1.165, 1.54) is 0 Å². The van der Waals surface area contributed by atoms with Gasteiger partial charge in [0.05, 0.1) is 6.54 Å². The van der Waals surface area contributed by atoms with Crippen LogP contribution in [0.1, 0.15) is 15.9 Å². The summed E-state index contributed by atoms with van der Waals surface area (Å²) in [4.78, 5) is 15.5. The Bertz CT molecular complexity index is 629. The maximum Gasteiger partial charge on any atom is 0.252 e. The fraction of sp³-hybridized carbons (Fsp3) is 0.0667. The van der Waals surface area contributed by atoms with Crippen LogP contribution in [0.5, 0.6) is 0 Å². The summed E-state index contributed by atoms with van der Waals surface area (Å²) in [5, 5.41) is 3.36. The Kier molecular flexibility index (Phi) is 4.54. The van der Waals surface area contributed by atoms with Gasteiger partial charge in [0.2, 0.25) is 0 Å². The van der Waals surface area contributed by atoms with E-state index in [2.05, 4.69) is 22.1 Å². The number of amides is 1. The Morgan fingerprint density at radius 1 is 1.26 bits per heavy atom. The van der Waals surface area contributed by atoms with Crippen molar-refractivity contribution >= 4 is 17.5 Å². The molecule has 0 fully saturated rings. The van der Waals surface area contributed by atoms with Gasteiger partial charge in [-0.1, -0.05) is 29.5 Å². The second-order valence-corrected chi connectivity index (χ2v) is 4.17. The third-order valence-corrected chi connectivity index (χ3v) is 2.57. The molecular formula is C15H11ClN2O. The first-order valence-corrected chi connectivity index (χ1v) is 6.06. The topological polar surface area (TPSA) is 42.0 Å². The van der Waals surface area contributed by atoms with Gasteiger partial charge in [-0.25, -0.2) is 0 Å². The summed E-state index contributed by atoms with van der Waals surface area (Å²) in [6.45, 7) is 0.285. The monoisotopic (exact) mass is 270 g/mol. The number of nitrogens with zero attached hydrogens (tertiary/aromatic N) is 1. The smallest absolute Gasteiger partial charge is 0.252 e. The number of carbonyl (C=O) groups is 1. The van der Waals surface area contributed by atoms with Gasteiger partial charge >= 0.3 is 0 Å². The molecule has 1 amide bonds. The number of halogens is 1. The molecule has 0 bridgehead atoms. The molecule has 19 heavy (non-hydrogen) atoms. The average Bonchev–Trinajstić information content (AvgIpc) is 2.44. The molecule has 0 aliphatic heterocycles. The van der Waals surface area contributed by atoms with Gasteiger partial charge in [-0.2, -0.15) is 0 Å². The number of hydrogen-bond acceptors (Lipinski definition) is 2. The normalized spacial score (nSPS) is 9.32. The fourth-order valence-corrected chi connectivity index (χ4v) is 1.63. The maximum absolute atomic E-state index is 11.7. The zero-order chi connectivity index (χ0) is 13.5. The van der Waals surface area contributed by atoms with Crippen LogP contribution in [0.25, 0.3) is 0 Å². The van der Waals surface area contributed by atoms with E-state index in [1.807, 2.05) is 12.1 Å². The minimum atomic E-state index is -0.164. The van der Waals surface area contributed by atoms with E-state index in [-0.39, 0.29) is 12.5 Å².